The molecule has 3 amide bonds. The Balaban J connectivity index is 1.86. The van der Waals surface area contributed by atoms with Crippen molar-refractivity contribution in [2.45, 2.75) is 19.4 Å². The number of amides is 3. The number of hydrogen-bond acceptors (Lipinski definition) is 5. The fraction of sp³-hybridized carbons (Fsp3) is 0.600. The Morgan fingerprint density at radius 1 is 1.22 bits per heavy atom. The number of nitrogens with zero attached hydrogens (tertiary/aromatic N) is 5. The minimum Gasteiger partial charge on any atom is -0.368 e. The number of piperidine rings is 1. The van der Waals surface area contributed by atoms with Crippen LogP contribution >= 0.6 is 0 Å². The lowest BCUT2D eigenvalue weighted by molar-refractivity contribution is -0.136. The molecule has 2 heterocycles. The molecule has 2 N–H and O–H groups in total. The Morgan fingerprint density at radius 3 is 2.30 bits per heavy atom. The fourth-order valence-electron chi connectivity index (χ4n) is 2.71. The molecule has 0 aliphatic carbocycles. The van der Waals surface area contributed by atoms with Crippen LogP contribution in [-0.2, 0) is 11.3 Å². The van der Waals surface area contributed by atoms with Crippen LogP contribution in [0.3, 0.4) is 0 Å². The summed E-state index contributed by atoms with van der Waals surface area (Å²) in [4.78, 5) is 37.3. The van der Waals surface area contributed by atoms with Gasteiger partial charge >= 0.3 is 6.03 Å². The summed E-state index contributed by atoms with van der Waals surface area (Å²) in [7, 11) is 5.25. The molecule has 1 aliphatic heterocycles. The number of likely N-dealkylation sites (tertiary alicyclic amines) is 1. The monoisotopic (exact) mass is 320 g/mol. The van der Waals surface area contributed by atoms with Crippen molar-refractivity contribution in [1.29, 1.82) is 0 Å². The molecule has 1 aromatic heterocycles. The van der Waals surface area contributed by atoms with E-state index in [0.29, 0.717) is 32.5 Å². The minimum absolute atomic E-state index is 0.00303. The van der Waals surface area contributed by atoms with Gasteiger partial charge in [0.2, 0.25) is 11.9 Å². The molecule has 8 heteroatoms. The predicted molar refractivity (Wildman–Crippen MR) is 86.3 cm³/mol. The first-order chi connectivity index (χ1) is 10.9. The molecule has 2 rings (SSSR count). The van der Waals surface area contributed by atoms with Crippen molar-refractivity contribution in [3.05, 3.63) is 18.0 Å². The topological polar surface area (TPSA) is 95.7 Å². The van der Waals surface area contributed by atoms with Gasteiger partial charge in [0, 0.05) is 64.7 Å². The van der Waals surface area contributed by atoms with Crippen LogP contribution in [-0.4, -0.2) is 70.8 Å². The maximum atomic E-state index is 12.5. The molecule has 0 radical (unpaired) electrons. The van der Waals surface area contributed by atoms with Crippen LogP contribution in [0.5, 0.6) is 0 Å². The summed E-state index contributed by atoms with van der Waals surface area (Å²) >= 11 is 0. The van der Waals surface area contributed by atoms with Gasteiger partial charge in [0.15, 0.2) is 0 Å². The summed E-state index contributed by atoms with van der Waals surface area (Å²) in [6.45, 7) is 1.69. The second-order valence-corrected chi connectivity index (χ2v) is 6.08. The Bertz CT molecular complexity index is 552. The number of carbonyl (C=O) groups is 2. The smallest absolute Gasteiger partial charge is 0.319 e. The number of nitrogens with two attached hydrogens (primary N) is 1. The third kappa shape index (κ3) is 4.30. The van der Waals surface area contributed by atoms with Crippen LogP contribution in [0.1, 0.15) is 18.4 Å². The zero-order valence-corrected chi connectivity index (χ0v) is 13.9. The van der Waals surface area contributed by atoms with Crippen LogP contribution in [0.25, 0.3) is 0 Å². The highest BCUT2D eigenvalue weighted by Crippen LogP contribution is 2.20. The number of anilines is 1. The summed E-state index contributed by atoms with van der Waals surface area (Å²) in [5.41, 5.74) is 6.30. The third-order valence-electron chi connectivity index (χ3n) is 4.02. The van der Waals surface area contributed by atoms with Crippen LogP contribution in [0.4, 0.5) is 10.7 Å². The molecule has 1 aromatic rings. The lowest BCUT2D eigenvalue weighted by atomic mass is 9.95. The van der Waals surface area contributed by atoms with Crippen LogP contribution in [0.15, 0.2) is 12.4 Å². The number of carbonyl (C=O) groups excluding carboxylic acids is 2. The summed E-state index contributed by atoms with van der Waals surface area (Å²) in [5, 5.41) is 0. The molecule has 0 bridgehead atoms. The molecule has 0 saturated carbocycles. The van der Waals surface area contributed by atoms with Gasteiger partial charge in [-0.1, -0.05) is 0 Å². The largest absolute Gasteiger partial charge is 0.368 e. The molecule has 8 nitrogen and oxygen atoms in total. The number of urea groups is 1. The van der Waals surface area contributed by atoms with Gasteiger partial charge in [0.25, 0.3) is 0 Å². The van der Waals surface area contributed by atoms with Gasteiger partial charge in [-0.05, 0) is 12.8 Å². The number of nitrogen functional groups attached to an aromatic ring is 1. The first-order valence-electron chi connectivity index (χ1n) is 7.66. The van der Waals surface area contributed by atoms with Gasteiger partial charge < -0.3 is 20.4 Å². The molecule has 0 aromatic carbocycles. The average Bonchev–Trinajstić information content (AvgIpc) is 2.55. The summed E-state index contributed by atoms with van der Waals surface area (Å²) in [5.74, 6) is 0.278. The van der Waals surface area contributed by atoms with E-state index in [1.807, 2.05) is 0 Å². The molecule has 0 spiro atoms. The highest BCUT2D eigenvalue weighted by Gasteiger charge is 2.29. The van der Waals surface area contributed by atoms with E-state index in [2.05, 4.69) is 9.97 Å². The fourth-order valence-corrected chi connectivity index (χ4v) is 2.71. The van der Waals surface area contributed by atoms with Crippen molar-refractivity contribution >= 4 is 17.9 Å². The highest BCUT2D eigenvalue weighted by atomic mass is 16.2. The molecule has 1 aliphatic rings. The van der Waals surface area contributed by atoms with E-state index < -0.39 is 0 Å². The van der Waals surface area contributed by atoms with Gasteiger partial charge in [-0.3, -0.25) is 4.79 Å². The summed E-state index contributed by atoms with van der Waals surface area (Å²) < 4.78 is 0. The Hall–Kier alpha value is -2.38. The highest BCUT2D eigenvalue weighted by molar-refractivity contribution is 5.79. The van der Waals surface area contributed by atoms with Gasteiger partial charge in [-0.25, -0.2) is 14.8 Å². The van der Waals surface area contributed by atoms with Gasteiger partial charge in [0.1, 0.15) is 0 Å². The van der Waals surface area contributed by atoms with E-state index in [4.69, 9.17) is 5.73 Å². The van der Waals surface area contributed by atoms with Crippen molar-refractivity contribution in [3.63, 3.8) is 0 Å². The third-order valence-corrected chi connectivity index (χ3v) is 4.02. The first kappa shape index (κ1) is 17.0. The maximum absolute atomic E-state index is 12.5. The zero-order valence-electron chi connectivity index (χ0n) is 13.9. The van der Waals surface area contributed by atoms with E-state index in [1.54, 1.807) is 48.2 Å². The molecular weight excluding hydrogens is 296 g/mol. The standard InChI is InChI=1S/C15H24N6O2/c1-19(2)15(23)21-6-4-12(5-7-21)13(22)20(3)10-11-8-17-14(16)18-9-11/h8-9,12H,4-7,10H2,1-3H3,(H2,16,17,18). The zero-order chi connectivity index (χ0) is 17.0. The predicted octanol–water partition coefficient (Wildman–Crippen LogP) is 0.411. The van der Waals surface area contributed by atoms with Gasteiger partial charge in [-0.15, -0.1) is 0 Å². The average molecular weight is 320 g/mol. The second kappa shape index (κ2) is 7.26. The van der Waals surface area contributed by atoms with E-state index in [0.717, 1.165) is 5.56 Å². The number of aromatic nitrogens is 2. The van der Waals surface area contributed by atoms with Crippen LogP contribution < -0.4 is 5.73 Å². The van der Waals surface area contributed by atoms with Crippen molar-refractivity contribution in [2.75, 3.05) is 40.0 Å². The Morgan fingerprint density at radius 2 is 1.78 bits per heavy atom. The maximum Gasteiger partial charge on any atom is 0.319 e. The molecule has 126 valence electrons. The lowest BCUT2D eigenvalue weighted by Gasteiger charge is -2.34. The van der Waals surface area contributed by atoms with E-state index >= 15 is 0 Å². The van der Waals surface area contributed by atoms with Crippen LogP contribution in [0, 0.1) is 5.92 Å². The summed E-state index contributed by atoms with van der Waals surface area (Å²) in [6, 6.07) is 0.00303. The molecule has 1 fully saturated rings. The van der Waals surface area contributed by atoms with E-state index in [-0.39, 0.29) is 23.8 Å². The molecule has 0 atom stereocenters. The number of hydrogen-bond donors (Lipinski definition) is 1. The summed E-state index contributed by atoms with van der Waals surface area (Å²) in [6.07, 6.45) is 4.65. The van der Waals surface area contributed by atoms with Crippen LogP contribution in [0.2, 0.25) is 0 Å². The normalized spacial score (nSPS) is 15.3. The Labute approximate surface area is 136 Å². The quantitative estimate of drug-likeness (QED) is 0.870. The second-order valence-electron chi connectivity index (χ2n) is 6.08. The first-order valence-corrected chi connectivity index (χ1v) is 7.66. The lowest BCUT2D eigenvalue weighted by Crippen LogP contribution is -2.46. The Kier molecular flexibility index (Phi) is 5.36. The molecule has 23 heavy (non-hydrogen) atoms. The molecular formula is C15H24N6O2. The van der Waals surface area contributed by atoms with Crippen molar-refractivity contribution < 1.29 is 9.59 Å². The van der Waals surface area contributed by atoms with Crippen molar-refractivity contribution in [3.8, 4) is 0 Å². The van der Waals surface area contributed by atoms with Crippen molar-refractivity contribution in [1.82, 2.24) is 24.7 Å². The van der Waals surface area contributed by atoms with Crippen molar-refractivity contribution in [2.24, 2.45) is 5.92 Å². The number of rotatable bonds is 3. The molecule has 1 saturated heterocycles. The van der Waals surface area contributed by atoms with E-state index in [9.17, 15) is 9.59 Å². The minimum atomic E-state index is -0.0408. The molecule has 0 unspecified atom stereocenters. The SMILES string of the molecule is CN(C)C(=O)N1CCC(C(=O)N(C)Cc2cnc(N)nc2)CC1. The van der Waals surface area contributed by atoms with Gasteiger partial charge in [-0.2, -0.15) is 0 Å². The van der Waals surface area contributed by atoms with E-state index in [1.165, 1.54) is 0 Å². The van der Waals surface area contributed by atoms with Gasteiger partial charge in [0.05, 0.1) is 0 Å².